The highest BCUT2D eigenvalue weighted by Gasteiger charge is 2.08. The number of benzene rings is 2. The second-order valence-corrected chi connectivity index (χ2v) is 6.00. The van der Waals surface area contributed by atoms with Gasteiger partial charge >= 0.3 is 5.97 Å². The summed E-state index contributed by atoms with van der Waals surface area (Å²) in [7, 11) is 1.34. The second kappa shape index (κ2) is 8.03. The number of methoxy groups -OCH3 is 1. The number of hydrogen-bond acceptors (Lipinski definition) is 6. The summed E-state index contributed by atoms with van der Waals surface area (Å²) < 4.78 is 4.72. The molecule has 0 aliphatic rings. The Bertz CT molecular complexity index is 950. The van der Waals surface area contributed by atoms with E-state index in [2.05, 4.69) is 20.6 Å². The average molecular weight is 389 g/mol. The van der Waals surface area contributed by atoms with Crippen LogP contribution in [-0.4, -0.2) is 23.0 Å². The van der Waals surface area contributed by atoms with Crippen LogP contribution in [0.2, 0.25) is 10.0 Å². The van der Waals surface area contributed by atoms with Crippen molar-refractivity contribution in [2.45, 2.75) is 0 Å². The summed E-state index contributed by atoms with van der Waals surface area (Å²) >= 11 is 12.2. The number of esters is 1. The number of nitrogens with one attached hydrogen (secondary N) is 2. The van der Waals surface area contributed by atoms with E-state index in [1.165, 1.54) is 13.4 Å². The molecule has 0 saturated carbocycles. The highest BCUT2D eigenvalue weighted by molar-refractivity contribution is 6.43. The first-order chi connectivity index (χ1) is 12.6. The summed E-state index contributed by atoms with van der Waals surface area (Å²) in [5.41, 5.74) is 1.77. The standard InChI is InChI=1S/C18H14Cl2N4O2/c1-26-18(25)11-4-2-5-12(8-11)23-15-9-16(22-10-21-15)24-14-7-3-6-13(19)17(14)20/h2-10H,1H3,(H2,21,22,23,24). The molecular weight excluding hydrogens is 375 g/mol. The number of carbonyl (C=O) groups excluding carboxylic acids is 1. The molecule has 2 aromatic carbocycles. The Labute approximate surface area is 160 Å². The van der Waals surface area contributed by atoms with Crippen LogP contribution in [-0.2, 0) is 4.74 Å². The van der Waals surface area contributed by atoms with Crippen molar-refractivity contribution in [1.29, 1.82) is 0 Å². The lowest BCUT2D eigenvalue weighted by Gasteiger charge is -2.11. The smallest absolute Gasteiger partial charge is 0.337 e. The molecule has 0 amide bonds. The molecule has 132 valence electrons. The normalized spacial score (nSPS) is 10.3. The first kappa shape index (κ1) is 18.0. The minimum Gasteiger partial charge on any atom is -0.465 e. The predicted octanol–water partition coefficient (Wildman–Crippen LogP) is 5.06. The summed E-state index contributed by atoms with van der Waals surface area (Å²) in [6.45, 7) is 0. The number of carbonyl (C=O) groups is 1. The average Bonchev–Trinajstić information content (AvgIpc) is 2.65. The Balaban J connectivity index is 1.80. The molecule has 0 atom stereocenters. The van der Waals surface area contributed by atoms with Crippen LogP contribution < -0.4 is 10.6 Å². The molecule has 1 aromatic heterocycles. The van der Waals surface area contributed by atoms with Crippen LogP contribution in [0.15, 0.2) is 54.9 Å². The fourth-order valence-corrected chi connectivity index (χ4v) is 2.57. The van der Waals surface area contributed by atoms with Gasteiger partial charge in [-0.3, -0.25) is 0 Å². The van der Waals surface area contributed by atoms with Crippen molar-refractivity contribution in [3.63, 3.8) is 0 Å². The van der Waals surface area contributed by atoms with Crippen LogP contribution >= 0.6 is 23.2 Å². The first-order valence-corrected chi connectivity index (χ1v) is 8.31. The number of aromatic nitrogens is 2. The Kier molecular flexibility index (Phi) is 5.55. The Hall–Kier alpha value is -2.83. The highest BCUT2D eigenvalue weighted by atomic mass is 35.5. The van der Waals surface area contributed by atoms with Crippen molar-refractivity contribution >= 4 is 52.2 Å². The lowest BCUT2D eigenvalue weighted by Crippen LogP contribution is -2.02. The summed E-state index contributed by atoms with van der Waals surface area (Å²) in [5, 5.41) is 7.07. The molecule has 26 heavy (non-hydrogen) atoms. The zero-order valence-electron chi connectivity index (χ0n) is 13.7. The fourth-order valence-electron chi connectivity index (χ4n) is 2.22. The summed E-state index contributed by atoms with van der Waals surface area (Å²) in [6, 6.07) is 13.9. The summed E-state index contributed by atoms with van der Waals surface area (Å²) in [6.07, 6.45) is 1.41. The Morgan fingerprint density at radius 1 is 1.00 bits per heavy atom. The van der Waals surface area contributed by atoms with Gasteiger partial charge in [0.2, 0.25) is 0 Å². The minimum atomic E-state index is -0.408. The molecule has 1 heterocycles. The number of halogens is 2. The van der Waals surface area contributed by atoms with Gasteiger partial charge in [0.15, 0.2) is 0 Å². The monoisotopic (exact) mass is 388 g/mol. The summed E-state index contributed by atoms with van der Waals surface area (Å²) in [4.78, 5) is 20.0. The fraction of sp³-hybridized carbons (Fsp3) is 0.0556. The Morgan fingerprint density at radius 3 is 2.50 bits per heavy atom. The third-order valence-electron chi connectivity index (χ3n) is 3.44. The molecule has 0 bridgehead atoms. The van der Waals surface area contributed by atoms with E-state index in [4.69, 9.17) is 27.9 Å². The van der Waals surface area contributed by atoms with Crippen molar-refractivity contribution < 1.29 is 9.53 Å². The van der Waals surface area contributed by atoms with Crippen LogP contribution in [0, 0.1) is 0 Å². The molecule has 2 N–H and O–H groups in total. The molecule has 0 aliphatic heterocycles. The van der Waals surface area contributed by atoms with Crippen LogP contribution in [0.1, 0.15) is 10.4 Å². The lowest BCUT2D eigenvalue weighted by atomic mass is 10.2. The van der Waals surface area contributed by atoms with Crippen molar-refractivity contribution in [3.8, 4) is 0 Å². The zero-order chi connectivity index (χ0) is 18.5. The van der Waals surface area contributed by atoms with Gasteiger partial charge in [-0.25, -0.2) is 14.8 Å². The maximum atomic E-state index is 11.6. The van der Waals surface area contributed by atoms with E-state index >= 15 is 0 Å². The number of hydrogen-bond donors (Lipinski definition) is 2. The van der Waals surface area contributed by atoms with E-state index in [1.807, 2.05) is 6.07 Å². The molecular formula is C18H14Cl2N4O2. The van der Waals surface area contributed by atoms with Gasteiger partial charge in [-0.1, -0.05) is 35.3 Å². The van der Waals surface area contributed by atoms with Crippen molar-refractivity contribution in [2.75, 3.05) is 17.7 Å². The third kappa shape index (κ3) is 4.22. The molecule has 0 radical (unpaired) electrons. The maximum Gasteiger partial charge on any atom is 0.337 e. The van der Waals surface area contributed by atoms with E-state index in [1.54, 1.807) is 42.5 Å². The van der Waals surface area contributed by atoms with E-state index in [9.17, 15) is 4.79 Å². The van der Waals surface area contributed by atoms with Gasteiger partial charge in [0.1, 0.15) is 18.0 Å². The molecule has 6 nitrogen and oxygen atoms in total. The number of nitrogens with zero attached hydrogens (tertiary/aromatic N) is 2. The van der Waals surface area contributed by atoms with E-state index < -0.39 is 5.97 Å². The lowest BCUT2D eigenvalue weighted by molar-refractivity contribution is 0.0601. The van der Waals surface area contributed by atoms with Gasteiger partial charge < -0.3 is 15.4 Å². The van der Waals surface area contributed by atoms with Gasteiger partial charge in [0.05, 0.1) is 28.4 Å². The molecule has 0 unspecified atom stereocenters. The largest absolute Gasteiger partial charge is 0.465 e. The van der Waals surface area contributed by atoms with Gasteiger partial charge in [0, 0.05) is 11.8 Å². The predicted molar refractivity (Wildman–Crippen MR) is 103 cm³/mol. The molecule has 3 aromatic rings. The van der Waals surface area contributed by atoms with Crippen LogP contribution in [0.3, 0.4) is 0 Å². The molecule has 0 saturated heterocycles. The quantitative estimate of drug-likeness (QED) is 0.595. The van der Waals surface area contributed by atoms with E-state index in [0.29, 0.717) is 38.6 Å². The number of anilines is 4. The van der Waals surface area contributed by atoms with E-state index in [0.717, 1.165) is 0 Å². The topological polar surface area (TPSA) is 76.1 Å². The SMILES string of the molecule is COC(=O)c1cccc(Nc2cc(Nc3cccc(Cl)c3Cl)ncn2)c1. The molecule has 0 aliphatic carbocycles. The van der Waals surface area contributed by atoms with Crippen LogP contribution in [0.5, 0.6) is 0 Å². The highest BCUT2D eigenvalue weighted by Crippen LogP contribution is 2.31. The maximum absolute atomic E-state index is 11.6. The van der Waals surface area contributed by atoms with Gasteiger partial charge in [0.25, 0.3) is 0 Å². The van der Waals surface area contributed by atoms with Crippen molar-refractivity contribution in [1.82, 2.24) is 9.97 Å². The number of rotatable bonds is 5. The molecule has 0 fully saturated rings. The zero-order valence-corrected chi connectivity index (χ0v) is 15.2. The van der Waals surface area contributed by atoms with Crippen molar-refractivity contribution in [3.05, 3.63) is 70.5 Å². The van der Waals surface area contributed by atoms with Gasteiger partial charge in [-0.2, -0.15) is 0 Å². The minimum absolute atomic E-state index is 0.408. The third-order valence-corrected chi connectivity index (χ3v) is 4.26. The molecule has 8 heteroatoms. The first-order valence-electron chi connectivity index (χ1n) is 7.55. The molecule has 0 spiro atoms. The van der Waals surface area contributed by atoms with Gasteiger partial charge in [-0.05, 0) is 30.3 Å². The second-order valence-electron chi connectivity index (χ2n) is 5.21. The van der Waals surface area contributed by atoms with E-state index in [-0.39, 0.29) is 0 Å². The Morgan fingerprint density at radius 2 is 1.73 bits per heavy atom. The van der Waals surface area contributed by atoms with Crippen molar-refractivity contribution in [2.24, 2.45) is 0 Å². The van der Waals surface area contributed by atoms with Crippen LogP contribution in [0.25, 0.3) is 0 Å². The van der Waals surface area contributed by atoms with Crippen LogP contribution in [0.4, 0.5) is 23.0 Å². The molecule has 3 rings (SSSR count). The summed E-state index contributed by atoms with van der Waals surface area (Å²) in [5.74, 6) is 0.674. The van der Waals surface area contributed by atoms with Gasteiger partial charge in [-0.15, -0.1) is 0 Å². The number of ether oxygens (including phenoxy) is 1.